The zero-order chi connectivity index (χ0) is 23.2. The van der Waals surface area contributed by atoms with E-state index in [2.05, 4.69) is 69.0 Å². The lowest BCUT2D eigenvalue weighted by molar-refractivity contribution is -0.165. The molecule has 2 aromatic rings. The Labute approximate surface area is 199 Å². The van der Waals surface area contributed by atoms with Gasteiger partial charge in [0, 0.05) is 6.08 Å². The standard InChI is InChI=1S/C21H26O2.C10H12/c1-14-5-7-15(8-6-14)3-2-4-20(22)23-21-18-10-16-9-17(12-18)13-19(21)11-16;1-3-4-10-7-5-9(2)6-8-10/h2,4-8,16-19,21H,3,9-13H2,1H3;3,5-8H,1,4H2,2H3/b4-2+;. The van der Waals surface area contributed by atoms with Gasteiger partial charge >= 0.3 is 5.97 Å². The van der Waals surface area contributed by atoms with Gasteiger partial charge in [0.1, 0.15) is 6.10 Å². The van der Waals surface area contributed by atoms with Crippen LogP contribution in [-0.2, 0) is 22.4 Å². The number of benzene rings is 2. The summed E-state index contributed by atoms with van der Waals surface area (Å²) in [6, 6.07) is 17.0. The Bertz CT molecular complexity index is 923. The molecule has 0 amide bonds. The number of rotatable bonds is 6. The molecule has 0 heterocycles. The summed E-state index contributed by atoms with van der Waals surface area (Å²) >= 11 is 0. The Kier molecular flexibility index (Phi) is 7.85. The molecule has 0 unspecified atom stereocenters. The first-order valence-electron chi connectivity index (χ1n) is 12.6. The Morgan fingerprint density at radius 1 is 0.818 bits per heavy atom. The molecule has 0 N–H and O–H groups in total. The van der Waals surface area contributed by atoms with E-state index < -0.39 is 0 Å². The zero-order valence-corrected chi connectivity index (χ0v) is 20.2. The Morgan fingerprint density at radius 3 is 1.79 bits per heavy atom. The van der Waals surface area contributed by atoms with Crippen LogP contribution in [0.15, 0.2) is 73.3 Å². The molecule has 4 fully saturated rings. The van der Waals surface area contributed by atoms with Gasteiger partial charge in [-0.25, -0.2) is 4.79 Å². The van der Waals surface area contributed by atoms with Crippen molar-refractivity contribution in [2.45, 2.75) is 64.9 Å². The molecule has 2 heteroatoms. The molecule has 4 saturated carbocycles. The van der Waals surface area contributed by atoms with Crippen molar-refractivity contribution in [2.75, 3.05) is 0 Å². The van der Waals surface area contributed by atoms with E-state index in [1.54, 1.807) is 6.08 Å². The van der Waals surface area contributed by atoms with E-state index in [4.69, 9.17) is 4.74 Å². The van der Waals surface area contributed by atoms with E-state index >= 15 is 0 Å². The summed E-state index contributed by atoms with van der Waals surface area (Å²) in [7, 11) is 0. The van der Waals surface area contributed by atoms with Crippen LogP contribution in [0.4, 0.5) is 0 Å². The lowest BCUT2D eigenvalue weighted by atomic mass is 9.55. The topological polar surface area (TPSA) is 26.3 Å². The highest BCUT2D eigenvalue weighted by Gasteiger charge is 2.49. The van der Waals surface area contributed by atoms with Crippen molar-refractivity contribution in [3.8, 4) is 0 Å². The van der Waals surface area contributed by atoms with Crippen LogP contribution in [0.2, 0.25) is 0 Å². The predicted octanol–water partition coefficient (Wildman–Crippen LogP) is 7.19. The Morgan fingerprint density at radius 2 is 1.30 bits per heavy atom. The second kappa shape index (κ2) is 11.0. The molecule has 4 bridgehead atoms. The molecular formula is C31H38O2. The molecule has 2 nitrogen and oxygen atoms in total. The minimum absolute atomic E-state index is 0.144. The van der Waals surface area contributed by atoms with Crippen LogP contribution in [-0.4, -0.2) is 12.1 Å². The molecule has 2 aromatic carbocycles. The van der Waals surface area contributed by atoms with Gasteiger partial charge in [0.25, 0.3) is 0 Å². The maximum absolute atomic E-state index is 12.2. The monoisotopic (exact) mass is 442 g/mol. The fraction of sp³-hybridized carbons (Fsp3) is 0.452. The van der Waals surface area contributed by atoms with Crippen molar-refractivity contribution in [3.05, 3.63) is 95.6 Å². The second-order valence-electron chi connectivity index (χ2n) is 10.4. The van der Waals surface area contributed by atoms with Crippen molar-refractivity contribution in [1.29, 1.82) is 0 Å². The molecule has 0 spiro atoms. The third kappa shape index (κ3) is 6.47. The molecule has 4 aliphatic carbocycles. The number of ether oxygens (including phenoxy) is 1. The lowest BCUT2D eigenvalue weighted by Gasteiger charge is -2.53. The minimum atomic E-state index is -0.144. The van der Waals surface area contributed by atoms with Crippen LogP contribution in [0.1, 0.15) is 54.4 Å². The molecule has 174 valence electrons. The highest BCUT2D eigenvalue weighted by atomic mass is 16.5. The van der Waals surface area contributed by atoms with Gasteiger partial charge in [0.15, 0.2) is 0 Å². The third-order valence-corrected chi connectivity index (χ3v) is 7.62. The average molecular weight is 443 g/mol. The van der Waals surface area contributed by atoms with Gasteiger partial charge < -0.3 is 4.74 Å². The number of carbonyl (C=O) groups is 1. The largest absolute Gasteiger partial charge is 0.459 e. The van der Waals surface area contributed by atoms with E-state index in [9.17, 15) is 4.79 Å². The summed E-state index contributed by atoms with van der Waals surface area (Å²) in [4.78, 5) is 12.2. The molecule has 0 aliphatic heterocycles. The maximum atomic E-state index is 12.2. The number of esters is 1. The van der Waals surface area contributed by atoms with Crippen LogP contribution in [0, 0.1) is 37.5 Å². The Hall–Kier alpha value is -2.61. The normalized spacial score (nSPS) is 27.2. The van der Waals surface area contributed by atoms with Crippen molar-refractivity contribution < 1.29 is 9.53 Å². The fourth-order valence-electron chi connectivity index (χ4n) is 6.15. The third-order valence-electron chi connectivity index (χ3n) is 7.62. The van der Waals surface area contributed by atoms with Crippen molar-refractivity contribution in [3.63, 3.8) is 0 Å². The molecule has 4 aliphatic rings. The summed E-state index contributed by atoms with van der Waals surface area (Å²) in [5.74, 6) is 2.98. The highest BCUT2D eigenvalue weighted by molar-refractivity contribution is 5.82. The lowest BCUT2D eigenvalue weighted by Crippen LogP contribution is -2.49. The van der Waals surface area contributed by atoms with E-state index in [-0.39, 0.29) is 12.1 Å². The fourth-order valence-corrected chi connectivity index (χ4v) is 6.15. The van der Waals surface area contributed by atoms with Gasteiger partial charge in [-0.15, -0.1) is 6.58 Å². The zero-order valence-electron chi connectivity index (χ0n) is 20.2. The van der Waals surface area contributed by atoms with Gasteiger partial charge in [-0.1, -0.05) is 71.8 Å². The van der Waals surface area contributed by atoms with E-state index in [1.807, 2.05) is 12.2 Å². The first-order valence-corrected chi connectivity index (χ1v) is 12.6. The number of hydrogen-bond acceptors (Lipinski definition) is 2. The predicted molar refractivity (Wildman–Crippen MR) is 136 cm³/mol. The van der Waals surface area contributed by atoms with Gasteiger partial charge in [-0.3, -0.25) is 0 Å². The van der Waals surface area contributed by atoms with Gasteiger partial charge in [0.05, 0.1) is 0 Å². The first-order chi connectivity index (χ1) is 16.0. The molecule has 0 radical (unpaired) electrons. The summed E-state index contributed by atoms with van der Waals surface area (Å²) in [6.07, 6.45) is 14.0. The van der Waals surface area contributed by atoms with E-state index in [0.717, 1.165) is 24.7 Å². The SMILES string of the molecule is C=CCc1ccc(C)cc1.Cc1ccc(C/C=C/C(=O)OC2C3CC4CC(C3)CC2C4)cc1. The van der Waals surface area contributed by atoms with Crippen molar-refractivity contribution in [2.24, 2.45) is 23.7 Å². The number of hydrogen-bond donors (Lipinski definition) is 0. The molecular weight excluding hydrogens is 404 g/mol. The maximum Gasteiger partial charge on any atom is 0.330 e. The van der Waals surface area contributed by atoms with Gasteiger partial charge in [-0.2, -0.15) is 0 Å². The molecule has 0 atom stereocenters. The van der Waals surface area contributed by atoms with E-state index in [1.165, 1.54) is 54.4 Å². The summed E-state index contributed by atoms with van der Waals surface area (Å²) in [6.45, 7) is 7.86. The minimum Gasteiger partial charge on any atom is -0.459 e. The van der Waals surface area contributed by atoms with Crippen molar-refractivity contribution in [1.82, 2.24) is 0 Å². The number of aryl methyl sites for hydroxylation is 2. The van der Waals surface area contributed by atoms with Gasteiger partial charge in [-0.05, 0) is 93.6 Å². The number of carbonyl (C=O) groups excluding carboxylic acids is 1. The van der Waals surface area contributed by atoms with Crippen LogP contribution >= 0.6 is 0 Å². The average Bonchev–Trinajstić information content (AvgIpc) is 2.79. The first kappa shape index (κ1) is 23.5. The van der Waals surface area contributed by atoms with Crippen LogP contribution in [0.3, 0.4) is 0 Å². The molecule has 0 saturated heterocycles. The Balaban J connectivity index is 0.000000219. The quantitative estimate of drug-likeness (QED) is 0.269. The highest BCUT2D eigenvalue weighted by Crippen LogP contribution is 2.54. The second-order valence-corrected chi connectivity index (χ2v) is 10.4. The summed E-state index contributed by atoms with van der Waals surface area (Å²) in [5, 5.41) is 0. The van der Waals surface area contributed by atoms with E-state index in [0.29, 0.717) is 11.8 Å². The van der Waals surface area contributed by atoms with Crippen LogP contribution < -0.4 is 0 Å². The van der Waals surface area contributed by atoms with Crippen LogP contribution in [0.25, 0.3) is 0 Å². The van der Waals surface area contributed by atoms with Gasteiger partial charge in [0.2, 0.25) is 0 Å². The number of allylic oxidation sites excluding steroid dienone is 2. The summed E-state index contributed by atoms with van der Waals surface area (Å²) in [5.41, 5.74) is 5.14. The molecule has 6 rings (SSSR count). The summed E-state index contributed by atoms with van der Waals surface area (Å²) < 4.78 is 5.86. The van der Waals surface area contributed by atoms with Crippen molar-refractivity contribution >= 4 is 5.97 Å². The smallest absolute Gasteiger partial charge is 0.330 e. The molecule has 33 heavy (non-hydrogen) atoms. The molecule has 0 aromatic heterocycles. The van der Waals surface area contributed by atoms with Crippen LogP contribution in [0.5, 0.6) is 0 Å².